The fraction of sp³-hybridized carbons (Fsp3) is 0.455. The maximum absolute atomic E-state index is 13.5. The van der Waals surface area contributed by atoms with Crippen LogP contribution in [0, 0.1) is 5.82 Å². The minimum absolute atomic E-state index is 0.193. The molecule has 0 radical (unpaired) electrons. The standard InChI is InChI=1S/C11H11F4NO2S/c12-10-3-1-2-9(11(13,14)15)8(10)6-19(17,18)7-4-16-5-7/h1-3,7,16H,4-6H2. The summed E-state index contributed by atoms with van der Waals surface area (Å²) in [6.07, 6.45) is -4.77. The second-order valence-electron chi connectivity index (χ2n) is 4.35. The van der Waals surface area contributed by atoms with Gasteiger partial charge in [0.15, 0.2) is 9.84 Å². The first kappa shape index (κ1) is 14.3. The SMILES string of the molecule is O=S(=O)(Cc1c(F)cccc1C(F)(F)F)C1CNC1. The van der Waals surface area contributed by atoms with E-state index in [-0.39, 0.29) is 13.1 Å². The fourth-order valence-corrected chi connectivity index (χ4v) is 3.48. The van der Waals surface area contributed by atoms with Crippen LogP contribution in [0.2, 0.25) is 0 Å². The van der Waals surface area contributed by atoms with E-state index in [4.69, 9.17) is 0 Å². The van der Waals surface area contributed by atoms with E-state index in [9.17, 15) is 26.0 Å². The summed E-state index contributed by atoms with van der Waals surface area (Å²) >= 11 is 0. The van der Waals surface area contributed by atoms with Crippen molar-refractivity contribution in [3.63, 3.8) is 0 Å². The lowest BCUT2D eigenvalue weighted by Gasteiger charge is -2.27. The highest BCUT2D eigenvalue weighted by Crippen LogP contribution is 2.34. The molecule has 1 heterocycles. The molecule has 1 aromatic rings. The van der Waals surface area contributed by atoms with Gasteiger partial charge in [-0.1, -0.05) is 6.07 Å². The first-order valence-corrected chi connectivity index (χ1v) is 7.20. The maximum Gasteiger partial charge on any atom is 0.416 e. The number of halogens is 4. The van der Waals surface area contributed by atoms with Crippen molar-refractivity contribution in [1.82, 2.24) is 5.32 Å². The van der Waals surface area contributed by atoms with Crippen LogP contribution in [0.25, 0.3) is 0 Å². The lowest BCUT2D eigenvalue weighted by molar-refractivity contribution is -0.138. The molecule has 0 unspecified atom stereocenters. The molecule has 0 bridgehead atoms. The molecule has 106 valence electrons. The average Bonchev–Trinajstić information content (AvgIpc) is 2.15. The van der Waals surface area contributed by atoms with Crippen LogP contribution in [0.1, 0.15) is 11.1 Å². The number of nitrogens with one attached hydrogen (secondary N) is 1. The highest BCUT2D eigenvalue weighted by atomic mass is 32.2. The molecule has 0 aliphatic carbocycles. The normalized spacial score (nSPS) is 17.3. The second kappa shape index (κ2) is 4.75. The van der Waals surface area contributed by atoms with Gasteiger partial charge in [-0.3, -0.25) is 0 Å². The van der Waals surface area contributed by atoms with Crippen LogP contribution in [0.15, 0.2) is 18.2 Å². The second-order valence-corrected chi connectivity index (χ2v) is 6.63. The van der Waals surface area contributed by atoms with Gasteiger partial charge in [0.05, 0.1) is 16.6 Å². The van der Waals surface area contributed by atoms with E-state index >= 15 is 0 Å². The van der Waals surface area contributed by atoms with Crippen LogP contribution >= 0.6 is 0 Å². The molecule has 1 saturated heterocycles. The predicted octanol–water partition coefficient (Wildman–Crippen LogP) is 1.73. The number of rotatable bonds is 3. The molecule has 0 spiro atoms. The smallest absolute Gasteiger partial charge is 0.314 e. The Kier molecular flexibility index (Phi) is 3.57. The molecule has 1 aromatic carbocycles. The van der Waals surface area contributed by atoms with Gasteiger partial charge in [-0.05, 0) is 12.1 Å². The Labute approximate surface area is 107 Å². The third-order valence-electron chi connectivity index (χ3n) is 3.02. The molecule has 1 aliphatic rings. The van der Waals surface area contributed by atoms with Crippen molar-refractivity contribution in [2.75, 3.05) is 13.1 Å². The molecule has 1 N–H and O–H groups in total. The minimum Gasteiger partial charge on any atom is -0.314 e. The van der Waals surface area contributed by atoms with Gasteiger partial charge in [-0.15, -0.1) is 0 Å². The molecule has 1 fully saturated rings. The van der Waals surface area contributed by atoms with Crippen molar-refractivity contribution >= 4 is 9.84 Å². The van der Waals surface area contributed by atoms with Crippen molar-refractivity contribution < 1.29 is 26.0 Å². The quantitative estimate of drug-likeness (QED) is 0.864. The van der Waals surface area contributed by atoms with E-state index in [1.807, 2.05) is 0 Å². The van der Waals surface area contributed by atoms with E-state index in [1.54, 1.807) is 0 Å². The first-order valence-electron chi connectivity index (χ1n) is 5.48. The average molecular weight is 297 g/mol. The Morgan fingerprint density at radius 2 is 1.89 bits per heavy atom. The van der Waals surface area contributed by atoms with Crippen LogP contribution in [0.4, 0.5) is 17.6 Å². The van der Waals surface area contributed by atoms with Gasteiger partial charge in [0, 0.05) is 18.7 Å². The fourth-order valence-electron chi connectivity index (χ4n) is 1.81. The highest BCUT2D eigenvalue weighted by molar-refractivity contribution is 7.91. The van der Waals surface area contributed by atoms with E-state index in [2.05, 4.69) is 5.32 Å². The van der Waals surface area contributed by atoms with Crippen LogP contribution in [-0.2, 0) is 21.8 Å². The molecule has 0 saturated carbocycles. The highest BCUT2D eigenvalue weighted by Gasteiger charge is 2.38. The van der Waals surface area contributed by atoms with Crippen molar-refractivity contribution in [3.8, 4) is 0 Å². The molecule has 8 heteroatoms. The zero-order valence-electron chi connectivity index (χ0n) is 9.67. The first-order chi connectivity index (χ1) is 8.72. The van der Waals surface area contributed by atoms with E-state index in [0.29, 0.717) is 6.07 Å². The Bertz CT molecular complexity index is 579. The maximum atomic E-state index is 13.5. The Morgan fingerprint density at radius 3 is 2.37 bits per heavy atom. The lowest BCUT2D eigenvalue weighted by atomic mass is 10.1. The van der Waals surface area contributed by atoms with Gasteiger partial charge in [0.2, 0.25) is 0 Å². The monoisotopic (exact) mass is 297 g/mol. The van der Waals surface area contributed by atoms with Crippen LogP contribution in [0.3, 0.4) is 0 Å². The summed E-state index contributed by atoms with van der Waals surface area (Å²) in [6, 6.07) is 2.44. The van der Waals surface area contributed by atoms with E-state index < -0.39 is 44.0 Å². The van der Waals surface area contributed by atoms with Gasteiger partial charge in [0.1, 0.15) is 5.82 Å². The molecule has 0 aromatic heterocycles. The Balaban J connectivity index is 2.39. The molecular formula is C11H11F4NO2S. The summed E-state index contributed by atoms with van der Waals surface area (Å²) in [7, 11) is -3.78. The summed E-state index contributed by atoms with van der Waals surface area (Å²) < 4.78 is 75.4. The lowest BCUT2D eigenvalue weighted by Crippen LogP contribution is -2.51. The van der Waals surface area contributed by atoms with E-state index in [1.165, 1.54) is 0 Å². The van der Waals surface area contributed by atoms with Crippen molar-refractivity contribution in [3.05, 3.63) is 35.1 Å². The molecule has 2 rings (SSSR count). The molecule has 1 aliphatic heterocycles. The topological polar surface area (TPSA) is 46.2 Å². The van der Waals surface area contributed by atoms with Crippen molar-refractivity contribution in [2.45, 2.75) is 17.2 Å². The number of hydrogen-bond acceptors (Lipinski definition) is 3. The van der Waals surface area contributed by atoms with Gasteiger partial charge < -0.3 is 5.32 Å². The van der Waals surface area contributed by atoms with Crippen LogP contribution in [-0.4, -0.2) is 26.8 Å². The summed E-state index contributed by atoms with van der Waals surface area (Å²) in [5, 5.41) is 1.98. The zero-order valence-corrected chi connectivity index (χ0v) is 10.5. The molecule has 19 heavy (non-hydrogen) atoms. The molecule has 0 amide bonds. The summed E-state index contributed by atoms with van der Waals surface area (Å²) in [5.74, 6) is -2.08. The third kappa shape index (κ3) is 2.89. The van der Waals surface area contributed by atoms with Gasteiger partial charge in [-0.2, -0.15) is 13.2 Å². The molecular weight excluding hydrogens is 286 g/mol. The Hall–Kier alpha value is -1.15. The van der Waals surface area contributed by atoms with Gasteiger partial charge >= 0.3 is 6.18 Å². The summed E-state index contributed by atoms with van der Waals surface area (Å²) in [4.78, 5) is 0. The summed E-state index contributed by atoms with van der Waals surface area (Å²) in [6.45, 7) is 0.385. The largest absolute Gasteiger partial charge is 0.416 e. The minimum atomic E-state index is -4.77. The van der Waals surface area contributed by atoms with Crippen molar-refractivity contribution in [2.24, 2.45) is 0 Å². The van der Waals surface area contributed by atoms with Crippen LogP contribution in [0.5, 0.6) is 0 Å². The number of hydrogen-bond donors (Lipinski definition) is 1. The third-order valence-corrected chi connectivity index (χ3v) is 5.06. The predicted molar refractivity (Wildman–Crippen MR) is 60.7 cm³/mol. The molecule has 3 nitrogen and oxygen atoms in total. The Morgan fingerprint density at radius 1 is 1.26 bits per heavy atom. The zero-order chi connectivity index (χ0) is 14.3. The number of benzene rings is 1. The van der Waals surface area contributed by atoms with Crippen molar-refractivity contribution in [1.29, 1.82) is 0 Å². The number of sulfone groups is 1. The van der Waals surface area contributed by atoms with Gasteiger partial charge in [0.25, 0.3) is 0 Å². The van der Waals surface area contributed by atoms with Gasteiger partial charge in [-0.25, -0.2) is 12.8 Å². The van der Waals surface area contributed by atoms with E-state index in [0.717, 1.165) is 12.1 Å². The molecule has 0 atom stereocenters. The summed E-state index contributed by atoms with van der Waals surface area (Å²) in [5.41, 5.74) is -2.04. The number of alkyl halides is 3. The van der Waals surface area contributed by atoms with Crippen LogP contribution < -0.4 is 5.32 Å².